The minimum atomic E-state index is -0.183. The molecule has 2 aromatic carbocycles. The fourth-order valence-corrected chi connectivity index (χ4v) is 5.29. The number of aromatic nitrogens is 1. The first kappa shape index (κ1) is 25.5. The van der Waals surface area contributed by atoms with Crippen molar-refractivity contribution in [2.75, 3.05) is 5.73 Å². The number of hydrogen-bond donors (Lipinski definition) is 3. The summed E-state index contributed by atoms with van der Waals surface area (Å²) in [5.74, 6) is 0.914. The Morgan fingerprint density at radius 3 is 2.47 bits per heavy atom. The van der Waals surface area contributed by atoms with Crippen LogP contribution in [0.1, 0.15) is 56.5 Å². The number of carbonyl (C=O) groups excluding carboxylic acids is 1. The number of amides is 1. The molecule has 0 aliphatic carbocycles. The predicted octanol–water partition coefficient (Wildman–Crippen LogP) is 5.69. The van der Waals surface area contributed by atoms with Crippen molar-refractivity contribution in [3.63, 3.8) is 0 Å². The summed E-state index contributed by atoms with van der Waals surface area (Å²) >= 11 is 6.50. The SMILES string of the molecule is CC1(C)CC(NC(=O)c2ccc(Oc3cccc(-c4ccc(N)nc4)c3C#N)c(Cl)c2)CC(C)(C)N1. The number of nitrogens with zero attached hydrogens (tertiary/aromatic N) is 2. The first-order valence-corrected chi connectivity index (χ1v) is 12.2. The lowest BCUT2D eigenvalue weighted by atomic mass is 9.79. The summed E-state index contributed by atoms with van der Waals surface area (Å²) in [5, 5.41) is 16.9. The molecule has 0 spiro atoms. The second-order valence-corrected chi connectivity index (χ2v) is 10.9. The van der Waals surface area contributed by atoms with Gasteiger partial charge in [0, 0.05) is 40.0 Å². The van der Waals surface area contributed by atoms with Crippen molar-refractivity contribution in [1.29, 1.82) is 5.26 Å². The van der Waals surface area contributed by atoms with Crippen molar-refractivity contribution in [2.45, 2.75) is 57.7 Å². The van der Waals surface area contributed by atoms with Gasteiger partial charge in [0.25, 0.3) is 5.91 Å². The van der Waals surface area contributed by atoms with Gasteiger partial charge >= 0.3 is 0 Å². The molecule has 36 heavy (non-hydrogen) atoms. The van der Waals surface area contributed by atoms with Gasteiger partial charge in [-0.1, -0.05) is 23.7 Å². The molecule has 4 rings (SSSR count). The van der Waals surface area contributed by atoms with E-state index >= 15 is 0 Å². The Morgan fingerprint density at radius 1 is 1.14 bits per heavy atom. The third-order valence-electron chi connectivity index (χ3n) is 6.17. The van der Waals surface area contributed by atoms with E-state index in [4.69, 9.17) is 22.1 Å². The van der Waals surface area contributed by atoms with Crippen LogP contribution in [0.3, 0.4) is 0 Å². The number of nitrogens with two attached hydrogens (primary N) is 1. The Labute approximate surface area is 216 Å². The average Bonchev–Trinajstić information content (AvgIpc) is 2.78. The van der Waals surface area contributed by atoms with E-state index in [2.05, 4.69) is 49.4 Å². The second kappa shape index (κ2) is 9.81. The highest BCUT2D eigenvalue weighted by molar-refractivity contribution is 6.32. The normalized spacial score (nSPS) is 16.7. The van der Waals surface area contributed by atoms with Crippen LogP contribution < -0.4 is 21.1 Å². The van der Waals surface area contributed by atoms with Crippen LogP contribution in [0.2, 0.25) is 5.02 Å². The first-order valence-electron chi connectivity index (χ1n) is 11.8. The van der Waals surface area contributed by atoms with Crippen molar-refractivity contribution >= 4 is 23.3 Å². The van der Waals surface area contributed by atoms with Gasteiger partial charge in [-0.15, -0.1) is 0 Å². The quantitative estimate of drug-likeness (QED) is 0.412. The number of benzene rings is 2. The summed E-state index contributed by atoms with van der Waals surface area (Å²) in [4.78, 5) is 17.1. The van der Waals surface area contributed by atoms with E-state index in [1.165, 1.54) is 0 Å². The fourth-order valence-electron chi connectivity index (χ4n) is 5.07. The molecule has 0 saturated carbocycles. The third-order valence-corrected chi connectivity index (χ3v) is 6.47. The van der Waals surface area contributed by atoms with Crippen molar-refractivity contribution in [2.24, 2.45) is 0 Å². The smallest absolute Gasteiger partial charge is 0.251 e. The van der Waals surface area contributed by atoms with Gasteiger partial charge in [-0.25, -0.2) is 4.98 Å². The van der Waals surface area contributed by atoms with E-state index in [1.807, 2.05) is 6.07 Å². The van der Waals surface area contributed by atoms with Crippen LogP contribution in [0.5, 0.6) is 11.5 Å². The Kier molecular flexibility index (Phi) is 6.94. The number of nitrogen functional groups attached to an aromatic ring is 1. The molecule has 3 aromatic rings. The zero-order chi connectivity index (χ0) is 26.1. The molecule has 0 radical (unpaired) electrons. The minimum Gasteiger partial charge on any atom is -0.454 e. The third kappa shape index (κ3) is 5.78. The molecule has 1 aliphatic rings. The van der Waals surface area contributed by atoms with Gasteiger partial charge < -0.3 is 21.1 Å². The summed E-state index contributed by atoms with van der Waals surface area (Å²) in [6.45, 7) is 8.57. The van der Waals surface area contributed by atoms with Crippen LogP contribution in [0.25, 0.3) is 11.1 Å². The monoisotopic (exact) mass is 503 g/mol. The number of nitriles is 1. The number of halogens is 1. The number of pyridine rings is 1. The van der Waals surface area contributed by atoms with Crippen LogP contribution in [0, 0.1) is 11.3 Å². The van der Waals surface area contributed by atoms with Gasteiger partial charge in [0.1, 0.15) is 28.9 Å². The molecule has 0 bridgehead atoms. The van der Waals surface area contributed by atoms with Crippen LogP contribution in [0.4, 0.5) is 5.82 Å². The molecule has 1 fully saturated rings. The zero-order valence-electron chi connectivity index (χ0n) is 20.9. The molecule has 8 heteroatoms. The molecular weight excluding hydrogens is 474 g/mol. The molecule has 7 nitrogen and oxygen atoms in total. The molecule has 4 N–H and O–H groups in total. The lowest BCUT2D eigenvalue weighted by molar-refractivity contribution is 0.0873. The van der Waals surface area contributed by atoms with Gasteiger partial charge in [0.05, 0.1) is 5.02 Å². The van der Waals surface area contributed by atoms with E-state index < -0.39 is 0 Å². The topological polar surface area (TPSA) is 113 Å². The molecule has 1 saturated heterocycles. The minimum absolute atomic E-state index is 0.0437. The highest BCUT2D eigenvalue weighted by Crippen LogP contribution is 2.36. The largest absolute Gasteiger partial charge is 0.454 e. The first-order chi connectivity index (χ1) is 17.0. The lowest BCUT2D eigenvalue weighted by Crippen LogP contribution is -2.62. The van der Waals surface area contributed by atoms with Crippen molar-refractivity contribution in [1.82, 2.24) is 15.6 Å². The number of rotatable bonds is 5. The second-order valence-electron chi connectivity index (χ2n) is 10.5. The van der Waals surface area contributed by atoms with Gasteiger partial charge in [-0.3, -0.25) is 4.79 Å². The fraction of sp³-hybridized carbons (Fsp3) is 0.321. The Balaban J connectivity index is 1.53. The maximum absolute atomic E-state index is 13.0. The maximum Gasteiger partial charge on any atom is 0.251 e. The van der Waals surface area contributed by atoms with Crippen LogP contribution in [-0.2, 0) is 0 Å². The molecule has 1 aromatic heterocycles. The van der Waals surface area contributed by atoms with Crippen molar-refractivity contribution in [3.8, 4) is 28.7 Å². The number of piperidine rings is 1. The average molecular weight is 504 g/mol. The Hall–Kier alpha value is -3.60. The maximum atomic E-state index is 13.0. The number of anilines is 1. The van der Waals surface area contributed by atoms with Gasteiger partial charge in [-0.2, -0.15) is 5.26 Å². The van der Waals surface area contributed by atoms with Crippen LogP contribution in [-0.4, -0.2) is 28.0 Å². The molecule has 186 valence electrons. The van der Waals surface area contributed by atoms with Crippen LogP contribution >= 0.6 is 11.6 Å². The Bertz CT molecular complexity index is 1310. The molecular formula is C28H30ClN5O2. The van der Waals surface area contributed by atoms with E-state index in [-0.39, 0.29) is 28.0 Å². The van der Waals surface area contributed by atoms with Crippen molar-refractivity contribution < 1.29 is 9.53 Å². The summed E-state index contributed by atoms with van der Waals surface area (Å²) in [5.41, 5.74) is 7.74. The summed E-state index contributed by atoms with van der Waals surface area (Å²) in [6.07, 6.45) is 3.27. The molecule has 0 unspecified atom stereocenters. The molecule has 1 aliphatic heterocycles. The van der Waals surface area contributed by atoms with Crippen molar-refractivity contribution in [3.05, 3.63) is 70.9 Å². The van der Waals surface area contributed by atoms with Crippen LogP contribution in [0.15, 0.2) is 54.7 Å². The van der Waals surface area contributed by atoms with E-state index in [0.29, 0.717) is 34.0 Å². The number of carbonyl (C=O) groups is 1. The lowest BCUT2D eigenvalue weighted by Gasteiger charge is -2.46. The van der Waals surface area contributed by atoms with Gasteiger partial charge in [0.2, 0.25) is 0 Å². The number of nitrogens with one attached hydrogen (secondary N) is 2. The Morgan fingerprint density at radius 2 is 1.86 bits per heavy atom. The van der Waals surface area contributed by atoms with Gasteiger partial charge in [-0.05, 0) is 76.9 Å². The number of hydrogen-bond acceptors (Lipinski definition) is 6. The molecule has 1 amide bonds. The van der Waals surface area contributed by atoms with Gasteiger partial charge in [0.15, 0.2) is 0 Å². The number of ether oxygens (including phenoxy) is 1. The highest BCUT2D eigenvalue weighted by atomic mass is 35.5. The summed E-state index contributed by atoms with van der Waals surface area (Å²) in [7, 11) is 0. The standard InChI is InChI=1S/C28H30ClN5O2/c1-27(2)13-19(14-28(3,4)34-27)33-26(35)17-8-10-24(22(29)12-17)36-23-7-5-6-20(21(23)15-30)18-9-11-25(31)32-16-18/h5-12,16,19,34H,13-14H2,1-4H3,(H2,31,32)(H,33,35). The predicted molar refractivity (Wildman–Crippen MR) is 142 cm³/mol. The molecule has 0 atom stereocenters. The molecule has 2 heterocycles. The highest BCUT2D eigenvalue weighted by Gasteiger charge is 2.38. The zero-order valence-corrected chi connectivity index (χ0v) is 21.6. The van der Waals surface area contributed by atoms with E-state index in [0.717, 1.165) is 18.4 Å². The van der Waals surface area contributed by atoms with E-state index in [9.17, 15) is 10.1 Å². The van der Waals surface area contributed by atoms with E-state index in [1.54, 1.807) is 48.7 Å². The summed E-state index contributed by atoms with van der Waals surface area (Å²) in [6, 6.07) is 15.9. The summed E-state index contributed by atoms with van der Waals surface area (Å²) < 4.78 is 6.02.